The number of methoxy groups -OCH3 is 1. The molecule has 0 aliphatic heterocycles. The van der Waals surface area contributed by atoms with Crippen molar-refractivity contribution in [2.75, 3.05) is 12.4 Å². The van der Waals surface area contributed by atoms with Crippen molar-refractivity contribution < 1.29 is 4.74 Å². The number of rotatable bonds is 3. The Kier molecular flexibility index (Phi) is 3.10. The Morgan fingerprint density at radius 1 is 1.42 bits per heavy atom. The maximum Gasteiger partial charge on any atom is 0.187 e. The molecule has 3 rings (SSSR count). The molecule has 0 spiro atoms. The van der Waals surface area contributed by atoms with Crippen LogP contribution in [0.5, 0.6) is 5.75 Å². The molecular formula is C14H13N3OS. The zero-order valence-electron chi connectivity index (χ0n) is 10.6. The molecule has 1 aromatic carbocycles. The Hall–Kier alpha value is -2.06. The monoisotopic (exact) mass is 271 g/mol. The summed E-state index contributed by atoms with van der Waals surface area (Å²) >= 11 is 1.68. The fourth-order valence-electron chi connectivity index (χ4n) is 2.21. The van der Waals surface area contributed by atoms with Crippen LogP contribution in [0.2, 0.25) is 0 Å². The number of aryl methyl sites for hydroxylation is 2. The van der Waals surface area contributed by atoms with Crippen LogP contribution in [0, 0.1) is 11.3 Å². The van der Waals surface area contributed by atoms with Gasteiger partial charge in [-0.1, -0.05) is 0 Å². The number of hydrogen-bond acceptors (Lipinski definition) is 5. The molecule has 1 aliphatic carbocycles. The molecular weight excluding hydrogens is 258 g/mol. The molecule has 0 unspecified atom stereocenters. The van der Waals surface area contributed by atoms with Crippen LogP contribution in [0.3, 0.4) is 0 Å². The maximum atomic E-state index is 9.13. The van der Waals surface area contributed by atoms with Gasteiger partial charge in [0, 0.05) is 10.9 Å². The average Bonchev–Trinajstić information content (AvgIpc) is 2.99. The fraction of sp³-hybridized carbons (Fsp3) is 0.286. The van der Waals surface area contributed by atoms with Gasteiger partial charge in [0.15, 0.2) is 5.13 Å². The van der Waals surface area contributed by atoms with Crippen molar-refractivity contribution in [3.8, 4) is 11.8 Å². The molecule has 1 N–H and O–H groups in total. The van der Waals surface area contributed by atoms with Crippen molar-refractivity contribution >= 4 is 22.2 Å². The van der Waals surface area contributed by atoms with E-state index < -0.39 is 0 Å². The SMILES string of the molecule is COc1ccc(C#N)c(Nc2nc3c(s2)CCC3)c1. The smallest absolute Gasteiger partial charge is 0.187 e. The molecule has 96 valence electrons. The second-order valence-electron chi connectivity index (χ2n) is 4.39. The number of nitriles is 1. The number of aromatic nitrogens is 1. The molecule has 0 radical (unpaired) electrons. The largest absolute Gasteiger partial charge is 0.497 e. The number of nitrogens with zero attached hydrogens (tertiary/aromatic N) is 2. The molecule has 0 fully saturated rings. The molecule has 5 heteroatoms. The van der Waals surface area contributed by atoms with E-state index in [1.54, 1.807) is 30.6 Å². The van der Waals surface area contributed by atoms with E-state index in [2.05, 4.69) is 16.4 Å². The summed E-state index contributed by atoms with van der Waals surface area (Å²) in [7, 11) is 1.61. The van der Waals surface area contributed by atoms with Gasteiger partial charge in [-0.05, 0) is 31.4 Å². The highest BCUT2D eigenvalue weighted by Gasteiger charge is 2.17. The number of benzene rings is 1. The quantitative estimate of drug-likeness (QED) is 0.931. The molecule has 0 bridgehead atoms. The van der Waals surface area contributed by atoms with Gasteiger partial charge in [0.25, 0.3) is 0 Å². The standard InChI is InChI=1S/C14H13N3OS/c1-18-10-6-5-9(8-15)12(7-10)17-14-16-11-3-2-4-13(11)19-14/h5-7H,2-4H2,1H3,(H,16,17). The first-order chi connectivity index (χ1) is 9.30. The number of nitrogens with one attached hydrogen (secondary N) is 1. The van der Waals surface area contributed by atoms with E-state index in [1.165, 1.54) is 17.0 Å². The van der Waals surface area contributed by atoms with Crippen LogP contribution < -0.4 is 10.1 Å². The van der Waals surface area contributed by atoms with Gasteiger partial charge in [-0.2, -0.15) is 5.26 Å². The van der Waals surface area contributed by atoms with Crippen LogP contribution >= 0.6 is 11.3 Å². The van der Waals surface area contributed by atoms with Crippen LogP contribution in [-0.2, 0) is 12.8 Å². The normalized spacial score (nSPS) is 12.8. The molecule has 2 aromatic rings. The molecule has 1 aromatic heterocycles. The van der Waals surface area contributed by atoms with E-state index in [9.17, 15) is 0 Å². The zero-order chi connectivity index (χ0) is 13.2. The maximum absolute atomic E-state index is 9.13. The molecule has 4 nitrogen and oxygen atoms in total. The highest BCUT2D eigenvalue weighted by molar-refractivity contribution is 7.15. The number of thiazole rings is 1. The summed E-state index contributed by atoms with van der Waals surface area (Å²) in [6.07, 6.45) is 3.39. The fourth-order valence-corrected chi connectivity index (χ4v) is 3.27. The second-order valence-corrected chi connectivity index (χ2v) is 5.47. The van der Waals surface area contributed by atoms with E-state index in [0.717, 1.165) is 29.4 Å². The lowest BCUT2D eigenvalue weighted by atomic mass is 10.2. The summed E-state index contributed by atoms with van der Waals surface area (Å²) in [5.41, 5.74) is 2.54. The third-order valence-electron chi connectivity index (χ3n) is 3.18. The van der Waals surface area contributed by atoms with Crippen LogP contribution in [0.4, 0.5) is 10.8 Å². The predicted molar refractivity (Wildman–Crippen MR) is 75.1 cm³/mol. The van der Waals surface area contributed by atoms with Crippen molar-refractivity contribution in [1.29, 1.82) is 5.26 Å². The van der Waals surface area contributed by atoms with E-state index in [0.29, 0.717) is 5.56 Å². The molecule has 0 atom stereocenters. The van der Waals surface area contributed by atoms with Gasteiger partial charge < -0.3 is 10.1 Å². The summed E-state index contributed by atoms with van der Waals surface area (Å²) in [5, 5.41) is 13.2. The Balaban J connectivity index is 1.91. The highest BCUT2D eigenvalue weighted by Crippen LogP contribution is 2.33. The van der Waals surface area contributed by atoms with Gasteiger partial charge in [0.1, 0.15) is 11.8 Å². The Labute approximate surface area is 115 Å². The number of ether oxygens (including phenoxy) is 1. The number of hydrogen-bond donors (Lipinski definition) is 1. The van der Waals surface area contributed by atoms with E-state index >= 15 is 0 Å². The lowest BCUT2D eigenvalue weighted by molar-refractivity contribution is 0.415. The van der Waals surface area contributed by atoms with Gasteiger partial charge in [-0.3, -0.25) is 0 Å². The Bertz CT molecular complexity index is 636. The van der Waals surface area contributed by atoms with Gasteiger partial charge in [0.05, 0.1) is 24.1 Å². The van der Waals surface area contributed by atoms with Gasteiger partial charge in [-0.25, -0.2) is 4.98 Å². The number of anilines is 2. The van der Waals surface area contributed by atoms with E-state index in [-0.39, 0.29) is 0 Å². The van der Waals surface area contributed by atoms with Crippen LogP contribution in [0.1, 0.15) is 22.6 Å². The van der Waals surface area contributed by atoms with Crippen molar-refractivity contribution in [1.82, 2.24) is 4.98 Å². The summed E-state index contributed by atoms with van der Waals surface area (Å²) in [5.74, 6) is 0.727. The molecule has 19 heavy (non-hydrogen) atoms. The van der Waals surface area contributed by atoms with Gasteiger partial charge in [0.2, 0.25) is 0 Å². The van der Waals surface area contributed by atoms with Crippen LogP contribution in [0.15, 0.2) is 18.2 Å². The van der Waals surface area contributed by atoms with Crippen LogP contribution in [0.25, 0.3) is 0 Å². The topological polar surface area (TPSA) is 57.9 Å². The highest BCUT2D eigenvalue weighted by atomic mass is 32.1. The van der Waals surface area contributed by atoms with E-state index in [1.807, 2.05) is 6.07 Å². The van der Waals surface area contributed by atoms with Gasteiger partial charge >= 0.3 is 0 Å². The van der Waals surface area contributed by atoms with Crippen molar-refractivity contribution in [3.05, 3.63) is 34.3 Å². The molecule has 0 amide bonds. The van der Waals surface area contributed by atoms with Gasteiger partial charge in [-0.15, -0.1) is 11.3 Å². The van der Waals surface area contributed by atoms with Crippen molar-refractivity contribution in [3.63, 3.8) is 0 Å². The summed E-state index contributed by atoms with van der Waals surface area (Å²) in [6, 6.07) is 7.54. The third-order valence-corrected chi connectivity index (χ3v) is 4.26. The lowest BCUT2D eigenvalue weighted by Gasteiger charge is -2.07. The molecule has 1 aliphatic rings. The summed E-state index contributed by atoms with van der Waals surface area (Å²) < 4.78 is 5.19. The first kappa shape index (κ1) is 12.0. The molecule has 0 saturated carbocycles. The summed E-state index contributed by atoms with van der Waals surface area (Å²) in [4.78, 5) is 5.94. The van der Waals surface area contributed by atoms with Crippen molar-refractivity contribution in [2.24, 2.45) is 0 Å². The Morgan fingerprint density at radius 2 is 2.32 bits per heavy atom. The van der Waals surface area contributed by atoms with E-state index in [4.69, 9.17) is 10.00 Å². The minimum absolute atomic E-state index is 0.594. The molecule has 0 saturated heterocycles. The third kappa shape index (κ3) is 2.27. The average molecular weight is 271 g/mol. The zero-order valence-corrected chi connectivity index (χ0v) is 11.4. The molecule has 1 heterocycles. The minimum Gasteiger partial charge on any atom is -0.497 e. The second kappa shape index (κ2) is 4.90. The van der Waals surface area contributed by atoms with Crippen molar-refractivity contribution in [2.45, 2.75) is 19.3 Å². The predicted octanol–water partition coefficient (Wildman–Crippen LogP) is 3.26. The number of fused-ring (bicyclic) bond motifs is 1. The Morgan fingerprint density at radius 3 is 3.05 bits per heavy atom. The minimum atomic E-state index is 0.594. The lowest BCUT2D eigenvalue weighted by Crippen LogP contribution is -1.95. The van der Waals surface area contributed by atoms with Crippen LogP contribution in [-0.4, -0.2) is 12.1 Å². The first-order valence-corrected chi connectivity index (χ1v) is 6.95. The summed E-state index contributed by atoms with van der Waals surface area (Å²) in [6.45, 7) is 0. The first-order valence-electron chi connectivity index (χ1n) is 6.14.